The maximum atomic E-state index is 12.0. The summed E-state index contributed by atoms with van der Waals surface area (Å²) in [6.45, 7) is 3.56. The predicted octanol–water partition coefficient (Wildman–Crippen LogP) is 0.885. The van der Waals surface area contributed by atoms with Gasteiger partial charge in [-0.2, -0.15) is 0 Å². The third-order valence-electron chi connectivity index (χ3n) is 3.14. The lowest BCUT2D eigenvalue weighted by atomic mass is 9.99. The first-order valence-corrected chi connectivity index (χ1v) is 8.65. The second-order valence-electron chi connectivity index (χ2n) is 4.53. The summed E-state index contributed by atoms with van der Waals surface area (Å²) in [5.74, 6) is -1.94. The van der Waals surface area contributed by atoms with Gasteiger partial charge in [0, 0.05) is 5.38 Å². The molecule has 118 valence electrons. The van der Waals surface area contributed by atoms with Crippen molar-refractivity contribution in [2.45, 2.75) is 31.2 Å². The molecule has 1 aromatic rings. The third-order valence-corrected chi connectivity index (χ3v) is 5.62. The van der Waals surface area contributed by atoms with Crippen molar-refractivity contribution in [2.75, 3.05) is 7.05 Å². The van der Waals surface area contributed by atoms with Gasteiger partial charge in [0.2, 0.25) is 10.0 Å². The molecule has 0 fully saturated rings. The van der Waals surface area contributed by atoms with E-state index in [0.717, 1.165) is 11.3 Å². The van der Waals surface area contributed by atoms with E-state index in [9.17, 15) is 18.0 Å². The first-order chi connectivity index (χ1) is 9.72. The molecule has 0 aliphatic carbocycles. The van der Waals surface area contributed by atoms with Crippen LogP contribution in [0, 0.1) is 5.92 Å². The molecule has 21 heavy (non-hydrogen) atoms. The molecule has 0 saturated carbocycles. The van der Waals surface area contributed by atoms with Crippen molar-refractivity contribution in [3.8, 4) is 0 Å². The van der Waals surface area contributed by atoms with Crippen LogP contribution in [-0.2, 0) is 14.8 Å². The minimum absolute atomic E-state index is 0.0180. The van der Waals surface area contributed by atoms with Crippen LogP contribution < -0.4 is 10.0 Å². The van der Waals surface area contributed by atoms with Gasteiger partial charge in [0.25, 0.3) is 5.91 Å². The van der Waals surface area contributed by atoms with Gasteiger partial charge in [-0.25, -0.2) is 17.9 Å². The third kappa shape index (κ3) is 4.26. The minimum atomic E-state index is -3.61. The van der Waals surface area contributed by atoms with Crippen LogP contribution in [0.1, 0.15) is 29.9 Å². The van der Waals surface area contributed by atoms with E-state index >= 15 is 0 Å². The number of hydrogen-bond donors (Lipinski definition) is 3. The molecule has 7 nitrogen and oxygen atoms in total. The number of rotatable bonds is 7. The maximum Gasteiger partial charge on any atom is 0.326 e. The Hall–Kier alpha value is -1.45. The monoisotopic (exact) mass is 334 g/mol. The molecule has 2 atom stereocenters. The normalized spacial score (nSPS) is 14.4. The Morgan fingerprint density at radius 3 is 2.52 bits per heavy atom. The van der Waals surface area contributed by atoms with E-state index in [1.165, 1.54) is 18.5 Å². The molecule has 1 amide bonds. The van der Waals surface area contributed by atoms with Gasteiger partial charge in [0.15, 0.2) is 0 Å². The molecule has 9 heteroatoms. The smallest absolute Gasteiger partial charge is 0.326 e. The fourth-order valence-electron chi connectivity index (χ4n) is 1.59. The fraction of sp³-hybridized carbons (Fsp3) is 0.500. The highest BCUT2D eigenvalue weighted by Gasteiger charge is 2.27. The van der Waals surface area contributed by atoms with E-state index < -0.39 is 27.9 Å². The number of sulfonamides is 1. The maximum absolute atomic E-state index is 12.0. The zero-order valence-electron chi connectivity index (χ0n) is 11.9. The summed E-state index contributed by atoms with van der Waals surface area (Å²) in [6, 6.07) is 0.218. The van der Waals surface area contributed by atoms with Crippen LogP contribution in [0.3, 0.4) is 0 Å². The predicted molar refractivity (Wildman–Crippen MR) is 78.9 cm³/mol. The van der Waals surface area contributed by atoms with Gasteiger partial charge in [-0.1, -0.05) is 20.3 Å². The van der Waals surface area contributed by atoms with Crippen LogP contribution in [-0.4, -0.2) is 38.5 Å². The lowest BCUT2D eigenvalue weighted by molar-refractivity contribution is -0.140. The van der Waals surface area contributed by atoms with Crippen LogP contribution in [0.15, 0.2) is 16.3 Å². The summed E-state index contributed by atoms with van der Waals surface area (Å²) >= 11 is 0.949. The molecule has 0 bridgehead atoms. The average molecular weight is 334 g/mol. The van der Waals surface area contributed by atoms with Gasteiger partial charge < -0.3 is 10.4 Å². The van der Waals surface area contributed by atoms with Crippen molar-refractivity contribution < 1.29 is 23.1 Å². The van der Waals surface area contributed by atoms with Crippen molar-refractivity contribution in [1.82, 2.24) is 10.0 Å². The number of nitrogens with one attached hydrogen (secondary N) is 2. The van der Waals surface area contributed by atoms with Crippen molar-refractivity contribution in [3.05, 3.63) is 16.3 Å². The van der Waals surface area contributed by atoms with Crippen LogP contribution in [0.25, 0.3) is 0 Å². The molecular weight excluding hydrogens is 316 g/mol. The Kier molecular flexibility index (Phi) is 5.87. The van der Waals surface area contributed by atoms with Gasteiger partial charge in [0.05, 0.1) is 9.77 Å². The Morgan fingerprint density at radius 2 is 2.05 bits per heavy atom. The molecule has 1 heterocycles. The van der Waals surface area contributed by atoms with Crippen LogP contribution in [0.5, 0.6) is 0 Å². The molecule has 2 unspecified atom stereocenters. The highest BCUT2D eigenvalue weighted by molar-refractivity contribution is 7.89. The molecule has 0 aromatic carbocycles. The second kappa shape index (κ2) is 7.01. The molecule has 0 aliphatic heterocycles. The number of hydrogen-bond acceptors (Lipinski definition) is 5. The molecular formula is C12H18N2O5S2. The first kappa shape index (κ1) is 17.6. The number of thiophene rings is 1. The Morgan fingerprint density at radius 1 is 1.43 bits per heavy atom. The lowest BCUT2D eigenvalue weighted by Crippen LogP contribution is -2.44. The van der Waals surface area contributed by atoms with Gasteiger partial charge in [-0.05, 0) is 19.0 Å². The summed E-state index contributed by atoms with van der Waals surface area (Å²) in [4.78, 5) is 23.3. The summed E-state index contributed by atoms with van der Waals surface area (Å²) in [6.07, 6.45) is 0.598. The molecule has 3 N–H and O–H groups in total. The zero-order valence-corrected chi connectivity index (χ0v) is 13.5. The zero-order chi connectivity index (χ0) is 16.2. The van der Waals surface area contributed by atoms with E-state index in [0.29, 0.717) is 6.42 Å². The summed E-state index contributed by atoms with van der Waals surface area (Å²) in [7, 11) is -2.34. The standard InChI is InChI=1S/C12H18N2O5S2/c1-4-7(2)10(12(16)17)14-11(15)9-5-8(6-20-9)21(18,19)13-3/h5-7,10,13H,4H2,1-3H3,(H,14,15)(H,16,17). The van der Waals surface area contributed by atoms with Crippen molar-refractivity contribution >= 4 is 33.2 Å². The molecule has 0 saturated heterocycles. The Labute approximate surface area is 127 Å². The first-order valence-electron chi connectivity index (χ1n) is 6.28. The van der Waals surface area contributed by atoms with Gasteiger partial charge in [-0.15, -0.1) is 11.3 Å². The van der Waals surface area contributed by atoms with E-state index in [1.807, 2.05) is 6.92 Å². The molecule has 1 aromatic heterocycles. The Bertz CT molecular complexity index is 623. The van der Waals surface area contributed by atoms with Crippen LogP contribution in [0.2, 0.25) is 0 Å². The van der Waals surface area contributed by atoms with E-state index in [2.05, 4.69) is 10.0 Å². The van der Waals surface area contributed by atoms with E-state index in [-0.39, 0.29) is 15.7 Å². The molecule has 1 rings (SSSR count). The van der Waals surface area contributed by atoms with E-state index in [4.69, 9.17) is 5.11 Å². The largest absolute Gasteiger partial charge is 0.480 e. The Balaban J connectivity index is 2.92. The second-order valence-corrected chi connectivity index (χ2v) is 7.33. The van der Waals surface area contributed by atoms with Crippen LogP contribution >= 0.6 is 11.3 Å². The highest BCUT2D eigenvalue weighted by atomic mass is 32.2. The quantitative estimate of drug-likeness (QED) is 0.685. The lowest BCUT2D eigenvalue weighted by Gasteiger charge is -2.19. The topological polar surface area (TPSA) is 113 Å². The van der Waals surface area contributed by atoms with Gasteiger partial charge >= 0.3 is 5.97 Å². The molecule has 0 radical (unpaired) electrons. The average Bonchev–Trinajstić information content (AvgIpc) is 2.93. The minimum Gasteiger partial charge on any atom is -0.480 e. The summed E-state index contributed by atoms with van der Waals surface area (Å²) in [5, 5.41) is 12.9. The number of amides is 1. The number of aliphatic carboxylic acids is 1. The summed E-state index contributed by atoms with van der Waals surface area (Å²) in [5.41, 5.74) is 0. The van der Waals surface area contributed by atoms with Gasteiger partial charge in [-0.3, -0.25) is 4.79 Å². The fourth-order valence-corrected chi connectivity index (χ4v) is 3.50. The number of carboxylic acid groups (broad SMARTS) is 1. The number of carbonyl (C=O) groups is 2. The van der Waals surface area contributed by atoms with Crippen LogP contribution in [0.4, 0.5) is 0 Å². The molecule has 0 aliphatic rings. The number of carboxylic acids is 1. The number of carbonyl (C=O) groups excluding carboxylic acids is 1. The van der Waals surface area contributed by atoms with E-state index in [1.54, 1.807) is 6.92 Å². The van der Waals surface area contributed by atoms with Gasteiger partial charge in [0.1, 0.15) is 6.04 Å². The van der Waals surface area contributed by atoms with Crippen molar-refractivity contribution in [3.63, 3.8) is 0 Å². The van der Waals surface area contributed by atoms with Crippen molar-refractivity contribution in [2.24, 2.45) is 5.92 Å². The summed E-state index contributed by atoms with van der Waals surface area (Å²) < 4.78 is 25.3. The SMILES string of the molecule is CCC(C)C(NC(=O)c1cc(S(=O)(=O)NC)cs1)C(=O)O. The van der Waals surface area contributed by atoms with Crippen molar-refractivity contribution in [1.29, 1.82) is 0 Å². The molecule has 0 spiro atoms. The highest BCUT2D eigenvalue weighted by Crippen LogP contribution is 2.19.